The monoisotopic (exact) mass is 986 g/mol. The molecule has 0 radical (unpaired) electrons. The lowest BCUT2D eigenvalue weighted by atomic mass is 9.74. The molecule has 0 fully saturated rings. The number of rotatable bonds is 11. The molecule has 10 aromatic carbocycles. The van der Waals surface area contributed by atoms with E-state index in [4.69, 9.17) is 0 Å². The molecular formula is C73H67N3. The van der Waals surface area contributed by atoms with Crippen molar-refractivity contribution in [2.24, 2.45) is 0 Å². The Morgan fingerprint density at radius 1 is 0.263 bits per heavy atom. The van der Waals surface area contributed by atoms with Crippen molar-refractivity contribution in [2.75, 3.05) is 9.80 Å². The molecule has 0 aliphatic carbocycles. The van der Waals surface area contributed by atoms with Crippen molar-refractivity contribution in [1.82, 2.24) is 0 Å². The summed E-state index contributed by atoms with van der Waals surface area (Å²) in [6.07, 6.45) is 0. The van der Waals surface area contributed by atoms with Crippen LogP contribution < -0.4 is 9.80 Å². The van der Waals surface area contributed by atoms with Crippen LogP contribution in [0.1, 0.15) is 84.6 Å². The van der Waals surface area contributed by atoms with Gasteiger partial charge < -0.3 is 9.80 Å². The molecule has 3 nitrogen and oxygen atoms in total. The van der Waals surface area contributed by atoms with Gasteiger partial charge in [-0.1, -0.05) is 232 Å². The van der Waals surface area contributed by atoms with E-state index in [1.54, 1.807) is 0 Å². The Hall–Kier alpha value is -8.71. The minimum atomic E-state index is -0.0698. The fraction of sp³-hybridized carbons (Fsp3) is 0.164. The van der Waals surface area contributed by atoms with Crippen LogP contribution in [0.5, 0.6) is 0 Å². The predicted octanol–water partition coefficient (Wildman–Crippen LogP) is 20.7. The molecule has 0 saturated heterocycles. The fourth-order valence-electron chi connectivity index (χ4n) is 10.5. The van der Waals surface area contributed by atoms with Gasteiger partial charge in [0.15, 0.2) is 0 Å². The van der Waals surface area contributed by atoms with Crippen molar-refractivity contribution in [1.29, 1.82) is 5.26 Å². The Kier molecular flexibility index (Phi) is 14.0. The van der Waals surface area contributed by atoms with Crippen molar-refractivity contribution in [3.63, 3.8) is 0 Å². The zero-order valence-electron chi connectivity index (χ0n) is 45.4. The van der Waals surface area contributed by atoms with Gasteiger partial charge in [0.05, 0.1) is 5.56 Å². The number of hydrogen-bond donors (Lipinski definition) is 0. The minimum Gasteiger partial charge on any atom is -0.310 e. The lowest BCUT2D eigenvalue weighted by Gasteiger charge is -2.29. The molecule has 0 unspecified atom stereocenters. The molecule has 10 rings (SSSR count). The quantitative estimate of drug-likeness (QED) is 0.129. The maximum absolute atomic E-state index is 12.4. The van der Waals surface area contributed by atoms with E-state index in [1.807, 2.05) is 0 Å². The summed E-state index contributed by atoms with van der Waals surface area (Å²) in [6.45, 7) is 20.4. The maximum atomic E-state index is 12.4. The molecular weight excluding hydrogens is 919 g/mol. The van der Waals surface area contributed by atoms with Gasteiger partial charge in [0.1, 0.15) is 6.07 Å². The first-order valence-corrected chi connectivity index (χ1v) is 26.6. The number of para-hydroxylation sites is 4. The van der Waals surface area contributed by atoms with Gasteiger partial charge in [0, 0.05) is 45.3 Å². The van der Waals surface area contributed by atoms with Crippen molar-refractivity contribution < 1.29 is 0 Å². The highest BCUT2D eigenvalue weighted by Crippen LogP contribution is 2.54. The SMILES string of the molecule is CC(C)(C)c1ccc(-c2c(-c3cccc(N(c4ccccc4)c4ccccc4)c3)c(C#N)c(-c3cccc(N(c4ccccc4)c4ccccc4)c3)c(-c3ccc(C(C)(C)C)cc3)c2-c2ccc(C(C)(C)C)cc2)cc1. The molecule has 0 amide bonds. The molecule has 0 N–H and O–H groups in total. The second-order valence-electron chi connectivity index (χ2n) is 23.0. The first-order valence-electron chi connectivity index (χ1n) is 26.6. The van der Waals surface area contributed by atoms with Gasteiger partial charge in [-0.05, 0) is 150 Å². The van der Waals surface area contributed by atoms with Crippen LogP contribution in [0.3, 0.4) is 0 Å². The van der Waals surface area contributed by atoms with Crippen molar-refractivity contribution in [3.05, 3.63) is 265 Å². The van der Waals surface area contributed by atoms with Crippen LogP contribution >= 0.6 is 0 Å². The highest BCUT2D eigenvalue weighted by atomic mass is 15.1. The summed E-state index contributed by atoms with van der Waals surface area (Å²) in [4.78, 5) is 4.60. The summed E-state index contributed by atoms with van der Waals surface area (Å²) in [5, 5.41) is 12.4. The standard InChI is InChI=1S/C73H67N3/c1-71(2,3)56-42-36-51(37-43-56)68-66(54-24-22-34-63(48-54)75(59-26-14-10-15-27-59)60-28-16-11-17-29-60)65(50-74)67(55-25-23-35-64(49-55)76(61-30-18-12-19-31-61)62-32-20-13-21-33-62)69(52-38-44-57(45-39-52)72(4,5)6)70(68)53-40-46-58(47-41-53)73(7,8)9/h10-49H,1-9H3. The van der Waals surface area contributed by atoms with Crippen LogP contribution in [0.4, 0.5) is 34.1 Å². The van der Waals surface area contributed by atoms with Crippen LogP contribution in [0, 0.1) is 11.3 Å². The normalized spacial score (nSPS) is 11.7. The van der Waals surface area contributed by atoms with E-state index in [9.17, 15) is 5.26 Å². The summed E-state index contributed by atoms with van der Waals surface area (Å²) >= 11 is 0. The van der Waals surface area contributed by atoms with Gasteiger partial charge in [-0.15, -0.1) is 0 Å². The van der Waals surface area contributed by atoms with Gasteiger partial charge >= 0.3 is 0 Å². The molecule has 0 aromatic heterocycles. The minimum absolute atomic E-state index is 0.0651. The molecule has 0 saturated carbocycles. The van der Waals surface area contributed by atoms with E-state index in [2.05, 4.69) is 321 Å². The van der Waals surface area contributed by atoms with Crippen LogP contribution in [-0.2, 0) is 16.2 Å². The summed E-state index contributed by atoms with van der Waals surface area (Å²) in [7, 11) is 0. The van der Waals surface area contributed by atoms with Gasteiger partial charge in [-0.25, -0.2) is 0 Å². The van der Waals surface area contributed by atoms with Gasteiger partial charge in [-0.3, -0.25) is 0 Å². The molecule has 10 aromatic rings. The Morgan fingerprint density at radius 3 is 0.763 bits per heavy atom. The molecule has 0 spiro atoms. The van der Waals surface area contributed by atoms with Gasteiger partial charge in [0.25, 0.3) is 0 Å². The summed E-state index contributed by atoms with van der Waals surface area (Å²) in [5.41, 5.74) is 20.1. The average molecular weight is 986 g/mol. The molecule has 3 heteroatoms. The highest BCUT2D eigenvalue weighted by Gasteiger charge is 2.31. The third-order valence-corrected chi connectivity index (χ3v) is 14.6. The Balaban J connectivity index is 1.38. The number of benzene rings is 10. The van der Waals surface area contributed by atoms with Crippen molar-refractivity contribution >= 4 is 34.1 Å². The molecule has 0 bridgehead atoms. The lowest BCUT2D eigenvalue weighted by Crippen LogP contribution is -2.11. The summed E-state index contributed by atoms with van der Waals surface area (Å²) < 4.78 is 0. The molecule has 0 aliphatic rings. The summed E-state index contributed by atoms with van der Waals surface area (Å²) in [6, 6.07) is 90.1. The highest BCUT2D eigenvalue weighted by molar-refractivity contribution is 6.11. The second kappa shape index (κ2) is 20.9. The molecule has 0 atom stereocenters. The Labute approximate surface area is 452 Å². The molecule has 0 aliphatic heterocycles. The fourth-order valence-corrected chi connectivity index (χ4v) is 10.5. The first-order chi connectivity index (χ1) is 36.6. The molecule has 76 heavy (non-hydrogen) atoms. The zero-order valence-corrected chi connectivity index (χ0v) is 45.4. The summed E-state index contributed by atoms with van der Waals surface area (Å²) in [5.74, 6) is 0. The second-order valence-corrected chi connectivity index (χ2v) is 23.0. The largest absolute Gasteiger partial charge is 0.310 e. The predicted molar refractivity (Wildman–Crippen MR) is 324 cm³/mol. The number of nitrogens with zero attached hydrogens (tertiary/aromatic N) is 3. The first kappa shape index (κ1) is 50.8. The van der Waals surface area contributed by atoms with E-state index >= 15 is 0 Å². The van der Waals surface area contributed by atoms with Crippen LogP contribution in [-0.4, -0.2) is 0 Å². The molecule has 374 valence electrons. The van der Waals surface area contributed by atoms with Crippen LogP contribution in [0.2, 0.25) is 0 Å². The van der Waals surface area contributed by atoms with Crippen molar-refractivity contribution in [2.45, 2.75) is 78.6 Å². The Morgan fingerprint density at radius 2 is 0.513 bits per heavy atom. The Bertz CT molecular complexity index is 3360. The third-order valence-electron chi connectivity index (χ3n) is 14.6. The van der Waals surface area contributed by atoms with Crippen LogP contribution in [0.15, 0.2) is 243 Å². The molecule has 0 heterocycles. The van der Waals surface area contributed by atoms with Gasteiger partial charge in [-0.2, -0.15) is 5.26 Å². The number of hydrogen-bond acceptors (Lipinski definition) is 3. The van der Waals surface area contributed by atoms with E-state index < -0.39 is 0 Å². The van der Waals surface area contributed by atoms with E-state index in [-0.39, 0.29) is 16.2 Å². The zero-order chi connectivity index (χ0) is 53.2. The van der Waals surface area contributed by atoms with E-state index in [1.165, 1.54) is 16.7 Å². The van der Waals surface area contributed by atoms with Crippen molar-refractivity contribution in [3.8, 4) is 61.7 Å². The maximum Gasteiger partial charge on any atom is 0.100 e. The number of nitriles is 1. The lowest BCUT2D eigenvalue weighted by molar-refractivity contribution is 0.590. The van der Waals surface area contributed by atoms with E-state index in [0.29, 0.717) is 5.56 Å². The third kappa shape index (κ3) is 10.4. The smallest absolute Gasteiger partial charge is 0.100 e. The average Bonchev–Trinajstić information content (AvgIpc) is 3.53. The van der Waals surface area contributed by atoms with E-state index in [0.717, 1.165) is 89.8 Å². The topological polar surface area (TPSA) is 30.3 Å². The van der Waals surface area contributed by atoms with Crippen LogP contribution in [0.25, 0.3) is 55.6 Å². The number of anilines is 6. The van der Waals surface area contributed by atoms with Gasteiger partial charge in [0.2, 0.25) is 0 Å².